The highest BCUT2D eigenvalue weighted by Crippen LogP contribution is 2.23. The fourth-order valence-electron chi connectivity index (χ4n) is 4.47. The molecule has 194 valence electrons. The predicted molar refractivity (Wildman–Crippen MR) is 145 cm³/mol. The number of carbonyl (C=O) groups excluding carboxylic acids is 2. The zero-order chi connectivity index (χ0) is 26.2. The highest BCUT2D eigenvalue weighted by molar-refractivity contribution is 5.96. The van der Waals surface area contributed by atoms with Crippen molar-refractivity contribution in [3.8, 4) is 17.0 Å². The van der Waals surface area contributed by atoms with Crippen LogP contribution in [0, 0.1) is 0 Å². The molecule has 2 heterocycles. The molecule has 1 aromatic heterocycles. The summed E-state index contributed by atoms with van der Waals surface area (Å²) in [7, 11) is 1.64. The van der Waals surface area contributed by atoms with Crippen LogP contribution >= 0.6 is 0 Å². The van der Waals surface area contributed by atoms with Crippen LogP contribution in [0.15, 0.2) is 66.7 Å². The van der Waals surface area contributed by atoms with Gasteiger partial charge >= 0.3 is 0 Å². The maximum absolute atomic E-state index is 13.3. The summed E-state index contributed by atoms with van der Waals surface area (Å²) in [6.07, 6.45) is 1.60. The molecule has 0 N–H and O–H groups in total. The van der Waals surface area contributed by atoms with Gasteiger partial charge in [0.15, 0.2) is 5.82 Å². The molecule has 0 saturated carbocycles. The van der Waals surface area contributed by atoms with Crippen LogP contribution in [0.3, 0.4) is 0 Å². The van der Waals surface area contributed by atoms with E-state index >= 15 is 0 Å². The average Bonchev–Trinajstić information content (AvgIpc) is 3.22. The predicted octanol–water partition coefficient (Wildman–Crippen LogP) is 4.13. The van der Waals surface area contributed by atoms with Gasteiger partial charge in [-0.3, -0.25) is 9.59 Å². The Hall–Kier alpha value is -3.94. The van der Waals surface area contributed by atoms with Gasteiger partial charge in [0.25, 0.3) is 5.91 Å². The summed E-state index contributed by atoms with van der Waals surface area (Å²) in [6, 6.07) is 20.8. The number of methoxy groups -OCH3 is 1. The van der Waals surface area contributed by atoms with Crippen LogP contribution in [0.1, 0.15) is 37.0 Å². The molecule has 8 heteroatoms. The number of amides is 2. The largest absolute Gasteiger partial charge is 0.497 e. The maximum atomic E-state index is 13.3. The first-order chi connectivity index (χ1) is 18.0. The van der Waals surface area contributed by atoms with Gasteiger partial charge in [-0.25, -0.2) is 0 Å². The van der Waals surface area contributed by atoms with Crippen LogP contribution < -0.4 is 9.64 Å². The average molecular weight is 502 g/mol. The number of hydrogen-bond donors (Lipinski definition) is 0. The van der Waals surface area contributed by atoms with Crippen LogP contribution in [0.4, 0.5) is 5.82 Å². The molecule has 1 aliphatic rings. The van der Waals surface area contributed by atoms with E-state index in [0.717, 1.165) is 42.2 Å². The molecule has 0 radical (unpaired) electrons. The number of carbonyl (C=O) groups is 2. The monoisotopic (exact) mass is 501 g/mol. The first kappa shape index (κ1) is 26.1. The van der Waals surface area contributed by atoms with Gasteiger partial charge in [-0.1, -0.05) is 37.3 Å². The van der Waals surface area contributed by atoms with Gasteiger partial charge in [0, 0.05) is 43.3 Å². The second kappa shape index (κ2) is 12.3. The van der Waals surface area contributed by atoms with Gasteiger partial charge in [-0.05, 0) is 56.2 Å². The van der Waals surface area contributed by atoms with Crippen LogP contribution in [-0.2, 0) is 4.79 Å². The van der Waals surface area contributed by atoms with Gasteiger partial charge in [-0.2, -0.15) is 0 Å². The first-order valence-electron chi connectivity index (χ1n) is 12.9. The van der Waals surface area contributed by atoms with Gasteiger partial charge in [0.2, 0.25) is 5.91 Å². The third-order valence-corrected chi connectivity index (χ3v) is 6.90. The van der Waals surface area contributed by atoms with Crippen LogP contribution in [0.25, 0.3) is 11.3 Å². The quantitative estimate of drug-likeness (QED) is 0.462. The molecule has 2 aromatic carbocycles. The van der Waals surface area contributed by atoms with E-state index in [1.165, 1.54) is 0 Å². The van der Waals surface area contributed by atoms with Crippen molar-refractivity contribution >= 4 is 17.6 Å². The Morgan fingerprint density at radius 2 is 1.78 bits per heavy atom. The fourth-order valence-corrected chi connectivity index (χ4v) is 4.47. The van der Waals surface area contributed by atoms with E-state index in [2.05, 4.69) is 15.1 Å². The number of hydrogen-bond acceptors (Lipinski definition) is 6. The smallest absolute Gasteiger partial charge is 0.254 e. The molecular weight excluding hydrogens is 466 g/mol. The molecule has 1 fully saturated rings. The lowest BCUT2D eigenvalue weighted by atomic mass is 10.1. The Bertz CT molecular complexity index is 1190. The summed E-state index contributed by atoms with van der Waals surface area (Å²) in [5, 5.41) is 8.89. The minimum Gasteiger partial charge on any atom is -0.497 e. The first-order valence-corrected chi connectivity index (χ1v) is 12.9. The summed E-state index contributed by atoms with van der Waals surface area (Å²) in [6.45, 7) is 6.78. The van der Waals surface area contributed by atoms with E-state index in [9.17, 15) is 9.59 Å². The third kappa shape index (κ3) is 6.44. The molecule has 37 heavy (non-hydrogen) atoms. The van der Waals surface area contributed by atoms with Crippen molar-refractivity contribution in [1.29, 1.82) is 0 Å². The van der Waals surface area contributed by atoms with Crippen molar-refractivity contribution < 1.29 is 14.3 Å². The van der Waals surface area contributed by atoms with Gasteiger partial charge in [-0.15, -0.1) is 10.2 Å². The number of benzene rings is 2. The minimum absolute atomic E-state index is 0.0223. The van der Waals surface area contributed by atoms with Crippen molar-refractivity contribution in [2.75, 3.05) is 44.7 Å². The van der Waals surface area contributed by atoms with E-state index in [4.69, 9.17) is 4.74 Å². The van der Waals surface area contributed by atoms with Gasteiger partial charge in [0.05, 0.1) is 12.8 Å². The Morgan fingerprint density at radius 1 is 0.973 bits per heavy atom. The molecule has 0 unspecified atom stereocenters. The molecule has 2 amide bonds. The summed E-state index contributed by atoms with van der Waals surface area (Å²) in [5.74, 6) is 1.44. The zero-order valence-electron chi connectivity index (χ0n) is 21.8. The highest BCUT2D eigenvalue weighted by atomic mass is 16.5. The van der Waals surface area contributed by atoms with E-state index in [-0.39, 0.29) is 24.4 Å². The molecule has 1 saturated heterocycles. The van der Waals surface area contributed by atoms with Crippen LogP contribution in [0.2, 0.25) is 0 Å². The second-order valence-electron chi connectivity index (χ2n) is 9.29. The number of ether oxygens (including phenoxy) is 1. The van der Waals surface area contributed by atoms with Crippen molar-refractivity contribution in [3.05, 3.63) is 72.3 Å². The topological polar surface area (TPSA) is 78.9 Å². The zero-order valence-corrected chi connectivity index (χ0v) is 21.8. The van der Waals surface area contributed by atoms with E-state index < -0.39 is 0 Å². The van der Waals surface area contributed by atoms with Crippen molar-refractivity contribution in [2.24, 2.45) is 0 Å². The standard InChI is InChI=1S/C29H35N5O3/c1-4-22(2)34(29(36)23-10-6-5-7-11-23)21-28(35)33-17-9-16-32(18-19-33)27-15-14-26(30-31-27)24-12-8-13-25(20-24)37-3/h5-8,10-15,20,22H,4,9,16-19,21H2,1-3H3/t22-/m0/s1. The lowest BCUT2D eigenvalue weighted by molar-refractivity contribution is -0.132. The summed E-state index contributed by atoms with van der Waals surface area (Å²) >= 11 is 0. The summed E-state index contributed by atoms with van der Waals surface area (Å²) in [5.41, 5.74) is 2.33. The van der Waals surface area contributed by atoms with Gasteiger partial charge in [0.1, 0.15) is 12.3 Å². The molecule has 1 atom stereocenters. The normalized spacial score (nSPS) is 14.6. The Morgan fingerprint density at radius 3 is 2.49 bits per heavy atom. The van der Waals surface area contributed by atoms with E-state index in [0.29, 0.717) is 25.2 Å². The number of nitrogens with zero attached hydrogens (tertiary/aromatic N) is 5. The van der Waals surface area contributed by atoms with Crippen molar-refractivity contribution in [2.45, 2.75) is 32.7 Å². The number of rotatable bonds is 8. The summed E-state index contributed by atoms with van der Waals surface area (Å²) < 4.78 is 5.31. The second-order valence-corrected chi connectivity index (χ2v) is 9.29. The van der Waals surface area contributed by atoms with E-state index in [1.54, 1.807) is 24.1 Å². The lowest BCUT2D eigenvalue weighted by Crippen LogP contribution is -2.47. The lowest BCUT2D eigenvalue weighted by Gasteiger charge is -2.31. The maximum Gasteiger partial charge on any atom is 0.254 e. The van der Waals surface area contributed by atoms with Crippen molar-refractivity contribution in [3.63, 3.8) is 0 Å². The number of anilines is 1. The van der Waals surface area contributed by atoms with Crippen LogP contribution in [-0.4, -0.2) is 77.7 Å². The molecule has 0 aliphatic carbocycles. The highest BCUT2D eigenvalue weighted by Gasteiger charge is 2.27. The molecule has 3 aromatic rings. The Kier molecular flexibility index (Phi) is 8.72. The SMILES string of the molecule is CC[C@H](C)N(CC(=O)N1CCCN(c2ccc(-c3cccc(OC)c3)nn2)CC1)C(=O)c1ccccc1. The Balaban J connectivity index is 1.39. The van der Waals surface area contributed by atoms with E-state index in [1.807, 2.05) is 73.3 Å². The molecule has 4 rings (SSSR count). The Labute approximate surface area is 218 Å². The third-order valence-electron chi connectivity index (χ3n) is 6.90. The molecule has 0 bridgehead atoms. The van der Waals surface area contributed by atoms with Crippen LogP contribution in [0.5, 0.6) is 5.75 Å². The summed E-state index contributed by atoms with van der Waals surface area (Å²) in [4.78, 5) is 32.2. The van der Waals surface area contributed by atoms with Crippen molar-refractivity contribution in [1.82, 2.24) is 20.0 Å². The van der Waals surface area contributed by atoms with Gasteiger partial charge < -0.3 is 19.4 Å². The molecular formula is C29H35N5O3. The fraction of sp³-hybridized carbons (Fsp3) is 0.379. The number of aromatic nitrogens is 2. The minimum atomic E-state index is -0.105. The molecule has 8 nitrogen and oxygen atoms in total. The molecule has 1 aliphatic heterocycles. The molecule has 0 spiro atoms.